The first kappa shape index (κ1) is 40.2. The fraction of sp³-hybridized carbons (Fsp3) is 0.0448. The van der Waals surface area contributed by atoms with E-state index >= 15 is 0 Å². The number of para-hydroxylation sites is 1. The van der Waals surface area contributed by atoms with Gasteiger partial charge in [0.2, 0.25) is 0 Å². The third-order valence-electron chi connectivity index (χ3n) is 15.3. The largest absolute Gasteiger partial charge is 0.455 e. The summed E-state index contributed by atoms with van der Waals surface area (Å²) in [4.78, 5) is 2.46. The van der Waals surface area contributed by atoms with Crippen molar-refractivity contribution < 1.29 is 4.42 Å². The van der Waals surface area contributed by atoms with Crippen LogP contribution < -0.4 is 4.90 Å². The van der Waals surface area contributed by atoms with Gasteiger partial charge >= 0.3 is 0 Å². The summed E-state index contributed by atoms with van der Waals surface area (Å²) in [5.74, 6) is 0. The summed E-state index contributed by atoms with van der Waals surface area (Å²) in [7, 11) is 0. The zero-order chi connectivity index (χ0) is 47.0. The van der Waals surface area contributed by atoms with E-state index in [0.29, 0.717) is 0 Å². The van der Waals surface area contributed by atoms with Crippen LogP contribution in [0.2, 0.25) is 0 Å². The molecule has 0 atom stereocenters. The molecule has 71 heavy (non-hydrogen) atoms. The minimum absolute atomic E-state index is 0.165. The molecule has 334 valence electrons. The molecule has 14 aromatic rings. The Bertz CT molecular complexity index is 4510. The van der Waals surface area contributed by atoms with Crippen LogP contribution in [-0.4, -0.2) is 4.57 Å². The van der Waals surface area contributed by atoms with Gasteiger partial charge in [-0.3, -0.25) is 0 Å². The molecule has 3 aromatic heterocycles. The fourth-order valence-corrected chi connectivity index (χ4v) is 13.1. The van der Waals surface area contributed by atoms with Crippen molar-refractivity contribution in [3.8, 4) is 39.1 Å². The Hall–Kier alpha value is -8.70. The van der Waals surface area contributed by atoms with Gasteiger partial charge < -0.3 is 13.9 Å². The number of nitrogens with zero attached hydrogens (tertiary/aromatic N) is 2. The maximum absolute atomic E-state index is 6.98. The van der Waals surface area contributed by atoms with Gasteiger partial charge in [-0.15, -0.1) is 11.3 Å². The summed E-state index contributed by atoms with van der Waals surface area (Å²) < 4.78 is 12.1. The second kappa shape index (κ2) is 15.1. The predicted molar refractivity (Wildman–Crippen MR) is 302 cm³/mol. The van der Waals surface area contributed by atoms with Crippen molar-refractivity contribution in [2.45, 2.75) is 19.3 Å². The van der Waals surface area contributed by atoms with Crippen LogP contribution in [0.5, 0.6) is 0 Å². The van der Waals surface area contributed by atoms with Crippen LogP contribution in [0.3, 0.4) is 0 Å². The molecule has 0 bridgehead atoms. The summed E-state index contributed by atoms with van der Waals surface area (Å²) >= 11 is 1.86. The average Bonchev–Trinajstić information content (AvgIpc) is 4.15. The minimum Gasteiger partial charge on any atom is -0.455 e. The SMILES string of the molecule is CC1(C)c2ccccc2-c2ccc(N(c3ccc4ccccc4c3)c3cc(-c4ccc5c6c(-c7ccccc7)cccc6n(-c6ccc7sc8ccccc8c7c6)c5c4)c4oc5ccccc5c4c3)cc21. The van der Waals surface area contributed by atoms with Crippen LogP contribution in [-0.2, 0) is 5.41 Å². The molecule has 0 fully saturated rings. The third kappa shape index (κ3) is 6.02. The highest BCUT2D eigenvalue weighted by molar-refractivity contribution is 7.25. The number of aromatic nitrogens is 1. The first-order valence-corrected chi connectivity index (χ1v) is 25.3. The standard InChI is InChI=1S/C67H44N2OS/c1-67(2)58-23-11-8-19-50(58)51-33-30-47(40-59(51)67)68(45-29-27-41-15-6-7-18-43(41)35-45)48-38-55(66-57(39-48)52-20-9-12-25-62(52)70-66)44-28-32-54-61(36-44)69(60-24-14-22-49(65(54)60)42-16-4-3-5-17-42)46-31-34-64-56(37-46)53-21-10-13-26-63(53)71-64/h3-40H,1-2H3. The molecule has 0 unspecified atom stereocenters. The van der Waals surface area contributed by atoms with E-state index in [2.05, 4.69) is 254 Å². The molecule has 4 heteroatoms. The number of benzene rings is 11. The van der Waals surface area contributed by atoms with Gasteiger partial charge in [-0.25, -0.2) is 0 Å². The first-order valence-electron chi connectivity index (χ1n) is 24.5. The monoisotopic (exact) mass is 924 g/mol. The van der Waals surface area contributed by atoms with E-state index in [4.69, 9.17) is 4.42 Å². The lowest BCUT2D eigenvalue weighted by atomic mass is 9.82. The van der Waals surface area contributed by atoms with Crippen molar-refractivity contribution in [1.29, 1.82) is 0 Å². The zero-order valence-corrected chi connectivity index (χ0v) is 40.0. The van der Waals surface area contributed by atoms with E-state index in [-0.39, 0.29) is 5.41 Å². The highest BCUT2D eigenvalue weighted by atomic mass is 32.1. The molecule has 0 saturated heterocycles. The van der Waals surface area contributed by atoms with Crippen molar-refractivity contribution in [3.05, 3.63) is 242 Å². The van der Waals surface area contributed by atoms with E-state index < -0.39 is 0 Å². The van der Waals surface area contributed by atoms with Crippen molar-refractivity contribution in [3.63, 3.8) is 0 Å². The normalized spacial score (nSPS) is 13.0. The second-order valence-corrected chi connectivity index (χ2v) is 20.7. The highest BCUT2D eigenvalue weighted by Crippen LogP contribution is 2.52. The van der Waals surface area contributed by atoms with E-state index in [1.165, 1.54) is 80.6 Å². The van der Waals surface area contributed by atoms with E-state index in [1.807, 2.05) is 11.3 Å². The number of hydrogen-bond donors (Lipinski definition) is 0. The molecule has 0 amide bonds. The summed E-state index contributed by atoms with van der Waals surface area (Å²) in [5, 5.41) is 9.58. The Labute approximate surface area is 414 Å². The van der Waals surface area contributed by atoms with E-state index in [1.54, 1.807) is 0 Å². The fourth-order valence-electron chi connectivity index (χ4n) is 12.0. The maximum Gasteiger partial charge on any atom is 0.143 e. The third-order valence-corrected chi connectivity index (χ3v) is 16.5. The average molecular weight is 925 g/mol. The van der Waals surface area contributed by atoms with Crippen molar-refractivity contribution in [2.24, 2.45) is 0 Å². The number of fused-ring (bicyclic) bond motifs is 13. The molecule has 3 nitrogen and oxygen atoms in total. The number of furan rings is 1. The lowest BCUT2D eigenvalue weighted by Crippen LogP contribution is -2.16. The van der Waals surface area contributed by atoms with Crippen molar-refractivity contribution in [2.75, 3.05) is 4.90 Å². The van der Waals surface area contributed by atoms with Crippen LogP contribution in [0.4, 0.5) is 17.1 Å². The van der Waals surface area contributed by atoms with Gasteiger partial charge in [0, 0.05) is 75.4 Å². The van der Waals surface area contributed by atoms with Gasteiger partial charge in [-0.05, 0) is 129 Å². The molecule has 3 heterocycles. The molecule has 0 N–H and O–H groups in total. The molecule has 0 radical (unpaired) electrons. The Morgan fingerprint density at radius 3 is 2.06 bits per heavy atom. The summed E-state index contributed by atoms with van der Waals surface area (Å²) in [6.45, 7) is 4.73. The number of hydrogen-bond acceptors (Lipinski definition) is 3. The number of anilines is 3. The van der Waals surface area contributed by atoms with Crippen LogP contribution in [0.1, 0.15) is 25.0 Å². The van der Waals surface area contributed by atoms with Gasteiger partial charge in [-0.1, -0.05) is 166 Å². The van der Waals surface area contributed by atoms with E-state index in [0.717, 1.165) is 61.3 Å². The molecule has 1 aliphatic rings. The number of thiophene rings is 1. The van der Waals surface area contributed by atoms with Gasteiger partial charge in [0.05, 0.1) is 11.0 Å². The molecular weight excluding hydrogens is 881 g/mol. The van der Waals surface area contributed by atoms with Crippen LogP contribution in [0.25, 0.3) is 114 Å². The second-order valence-electron chi connectivity index (χ2n) is 19.6. The molecule has 1 aliphatic carbocycles. The molecule has 11 aromatic carbocycles. The molecule has 0 saturated carbocycles. The van der Waals surface area contributed by atoms with Gasteiger partial charge in [0.1, 0.15) is 11.2 Å². The van der Waals surface area contributed by atoms with Crippen molar-refractivity contribution >= 4 is 103 Å². The first-order chi connectivity index (χ1) is 34.9. The Morgan fingerprint density at radius 2 is 1.14 bits per heavy atom. The molecule has 15 rings (SSSR count). The van der Waals surface area contributed by atoms with Crippen LogP contribution >= 0.6 is 11.3 Å². The van der Waals surface area contributed by atoms with Gasteiger partial charge in [-0.2, -0.15) is 0 Å². The molecule has 0 aliphatic heterocycles. The number of rotatable bonds is 6. The summed E-state index contributed by atoms with van der Waals surface area (Å²) in [5.41, 5.74) is 18.1. The van der Waals surface area contributed by atoms with Gasteiger partial charge in [0.15, 0.2) is 0 Å². The zero-order valence-electron chi connectivity index (χ0n) is 39.2. The summed E-state index contributed by atoms with van der Waals surface area (Å²) in [6, 6.07) is 85.1. The Morgan fingerprint density at radius 1 is 0.408 bits per heavy atom. The summed E-state index contributed by atoms with van der Waals surface area (Å²) in [6.07, 6.45) is 0. The van der Waals surface area contributed by atoms with E-state index in [9.17, 15) is 0 Å². The smallest absolute Gasteiger partial charge is 0.143 e. The Kier molecular flexibility index (Phi) is 8.58. The van der Waals surface area contributed by atoms with Gasteiger partial charge in [0.25, 0.3) is 0 Å². The predicted octanol–water partition coefficient (Wildman–Crippen LogP) is 19.3. The lowest BCUT2D eigenvalue weighted by Gasteiger charge is -2.29. The topological polar surface area (TPSA) is 21.3 Å². The van der Waals surface area contributed by atoms with Crippen molar-refractivity contribution in [1.82, 2.24) is 4.57 Å². The molecular formula is C67H44N2OS. The highest BCUT2D eigenvalue weighted by Gasteiger charge is 2.36. The van der Waals surface area contributed by atoms with Crippen LogP contribution in [0.15, 0.2) is 235 Å². The Balaban J connectivity index is 1.00. The van der Waals surface area contributed by atoms with Crippen LogP contribution in [0, 0.1) is 0 Å². The lowest BCUT2D eigenvalue weighted by molar-refractivity contribution is 0.660. The minimum atomic E-state index is -0.165. The molecule has 0 spiro atoms. The quantitative estimate of drug-likeness (QED) is 0.166. The maximum atomic E-state index is 6.98.